The maximum Gasteiger partial charge on any atom is 0.337 e. The summed E-state index contributed by atoms with van der Waals surface area (Å²) < 4.78 is 0. The first kappa shape index (κ1) is 26.3. The van der Waals surface area contributed by atoms with Gasteiger partial charge < -0.3 is 14.9 Å². The fourth-order valence-corrected chi connectivity index (χ4v) is 8.57. The van der Waals surface area contributed by atoms with Crippen LogP contribution in [0.2, 0.25) is 0 Å². The molecule has 0 saturated heterocycles. The lowest BCUT2D eigenvalue weighted by Crippen LogP contribution is -2.49. The molecule has 4 nitrogen and oxygen atoms in total. The number of anilines is 4. The molecule has 0 spiro atoms. The molecule has 2 aliphatic rings. The molecular formula is C34H42N2O2. The van der Waals surface area contributed by atoms with E-state index in [1.165, 1.54) is 37.7 Å². The minimum Gasteiger partial charge on any atom is -0.478 e. The molecular weight excluding hydrogens is 468 g/mol. The Balaban J connectivity index is 1.33. The van der Waals surface area contributed by atoms with Gasteiger partial charge in [-0.25, -0.2) is 4.79 Å². The van der Waals surface area contributed by atoms with Crippen molar-refractivity contribution < 1.29 is 9.90 Å². The smallest absolute Gasteiger partial charge is 0.337 e. The van der Waals surface area contributed by atoms with Crippen LogP contribution >= 0.6 is 0 Å². The number of para-hydroxylation sites is 1. The van der Waals surface area contributed by atoms with Gasteiger partial charge >= 0.3 is 5.97 Å². The third-order valence-electron chi connectivity index (χ3n) is 9.24. The quantitative estimate of drug-likeness (QED) is 0.360. The third kappa shape index (κ3) is 4.93. The summed E-state index contributed by atoms with van der Waals surface area (Å²) in [5.74, 6) is -0.0901. The minimum absolute atomic E-state index is 0.220. The van der Waals surface area contributed by atoms with Gasteiger partial charge in [0.25, 0.3) is 0 Å². The molecule has 2 saturated carbocycles. The molecule has 2 bridgehead atoms. The molecule has 1 N–H and O–H groups in total. The summed E-state index contributed by atoms with van der Waals surface area (Å²) in [5, 5.41) is 9.57. The summed E-state index contributed by atoms with van der Waals surface area (Å²) in [4.78, 5) is 15.8. The van der Waals surface area contributed by atoms with Crippen LogP contribution in [0, 0.1) is 16.7 Å². The highest BCUT2D eigenvalue weighted by Crippen LogP contribution is 2.62. The molecule has 3 aromatic rings. The zero-order valence-corrected chi connectivity index (χ0v) is 23.8. The number of carboxylic acids is 1. The molecule has 2 atom stereocenters. The largest absolute Gasteiger partial charge is 0.478 e. The molecule has 3 aromatic carbocycles. The van der Waals surface area contributed by atoms with Gasteiger partial charge in [0.1, 0.15) is 0 Å². The van der Waals surface area contributed by atoms with Crippen molar-refractivity contribution in [1.82, 2.24) is 0 Å². The number of aromatic carboxylic acids is 1. The van der Waals surface area contributed by atoms with Crippen molar-refractivity contribution in [2.75, 3.05) is 23.9 Å². The maximum absolute atomic E-state index is 11.7. The van der Waals surface area contributed by atoms with Crippen LogP contribution in [-0.2, 0) is 5.41 Å². The fourth-order valence-electron chi connectivity index (χ4n) is 8.57. The SMILES string of the molecule is CC1CC2(C)CC(C)(C1)CC(C)(c1ccc(N(C)c3ccc(N(C)c4ccccc4C(=O)O)cc3)cc1)C2. The van der Waals surface area contributed by atoms with Crippen molar-refractivity contribution >= 4 is 28.7 Å². The zero-order chi connectivity index (χ0) is 27.3. The van der Waals surface area contributed by atoms with Gasteiger partial charge in [-0.2, -0.15) is 0 Å². The van der Waals surface area contributed by atoms with Crippen LogP contribution in [0.5, 0.6) is 0 Å². The van der Waals surface area contributed by atoms with Gasteiger partial charge in [-0.1, -0.05) is 52.0 Å². The normalized spacial score (nSPS) is 28.5. The van der Waals surface area contributed by atoms with Crippen LogP contribution < -0.4 is 9.80 Å². The van der Waals surface area contributed by atoms with E-state index in [0.29, 0.717) is 22.1 Å². The number of nitrogens with zero attached hydrogens (tertiary/aromatic N) is 2. The highest BCUT2D eigenvalue weighted by atomic mass is 16.4. The Morgan fingerprint density at radius 3 is 1.74 bits per heavy atom. The van der Waals surface area contributed by atoms with E-state index in [1.807, 2.05) is 36.2 Å². The number of fused-ring (bicyclic) bond motifs is 2. The molecule has 0 aromatic heterocycles. The van der Waals surface area contributed by atoms with E-state index < -0.39 is 5.97 Å². The Hall–Kier alpha value is -3.27. The van der Waals surface area contributed by atoms with Crippen molar-refractivity contribution in [3.8, 4) is 0 Å². The summed E-state index contributed by atoms with van der Waals surface area (Å²) in [6, 6.07) is 24.6. The number of carboxylic acid groups (broad SMARTS) is 1. The second kappa shape index (κ2) is 9.48. The van der Waals surface area contributed by atoms with Crippen LogP contribution in [0.25, 0.3) is 0 Å². The van der Waals surface area contributed by atoms with Crippen LogP contribution in [0.15, 0.2) is 72.8 Å². The lowest BCUT2D eigenvalue weighted by Gasteiger charge is -2.58. The fraction of sp³-hybridized carbons (Fsp3) is 0.441. The van der Waals surface area contributed by atoms with Gasteiger partial charge in [-0.3, -0.25) is 0 Å². The van der Waals surface area contributed by atoms with Crippen LogP contribution in [0.1, 0.15) is 75.7 Å². The number of benzene rings is 3. The summed E-state index contributed by atoms with van der Waals surface area (Å²) >= 11 is 0. The first-order chi connectivity index (χ1) is 17.9. The number of hydrogen-bond donors (Lipinski definition) is 1. The average Bonchev–Trinajstić information content (AvgIpc) is 2.86. The van der Waals surface area contributed by atoms with Gasteiger partial charge in [-0.15, -0.1) is 0 Å². The van der Waals surface area contributed by atoms with E-state index in [0.717, 1.165) is 23.0 Å². The van der Waals surface area contributed by atoms with Crippen LogP contribution in [0.4, 0.5) is 22.7 Å². The Bertz CT molecular complexity index is 1300. The number of carbonyl (C=O) groups is 1. The highest BCUT2D eigenvalue weighted by molar-refractivity contribution is 5.95. The van der Waals surface area contributed by atoms with Gasteiger partial charge in [0.2, 0.25) is 0 Å². The highest BCUT2D eigenvalue weighted by Gasteiger charge is 2.52. The second-order valence-electron chi connectivity index (χ2n) is 13.2. The van der Waals surface area contributed by atoms with Crippen molar-refractivity contribution in [3.05, 3.63) is 83.9 Å². The standard InChI is InChI=1S/C34H42N2O2/c1-24-19-32(2)21-33(3,20-24)23-34(4,22-32)25-11-13-26(14-12-25)35(5)27-15-17-28(18-16-27)36(6)30-10-8-7-9-29(30)31(37)38/h7-18,24H,19-23H2,1-6H3,(H,37,38). The van der Waals surface area contributed by atoms with E-state index in [2.05, 4.69) is 76.0 Å². The van der Waals surface area contributed by atoms with E-state index in [-0.39, 0.29) is 5.41 Å². The molecule has 0 amide bonds. The first-order valence-corrected chi connectivity index (χ1v) is 13.9. The molecule has 38 heavy (non-hydrogen) atoms. The van der Waals surface area contributed by atoms with Crippen molar-refractivity contribution in [3.63, 3.8) is 0 Å². The topological polar surface area (TPSA) is 43.8 Å². The first-order valence-electron chi connectivity index (χ1n) is 13.9. The van der Waals surface area contributed by atoms with E-state index in [9.17, 15) is 9.90 Å². The van der Waals surface area contributed by atoms with Gasteiger partial charge in [-0.05, 0) is 108 Å². The summed E-state index contributed by atoms with van der Waals surface area (Å²) in [7, 11) is 4.00. The Kier molecular flexibility index (Phi) is 6.57. The lowest BCUT2D eigenvalue weighted by molar-refractivity contribution is -0.0413. The summed E-state index contributed by atoms with van der Waals surface area (Å²) in [6.45, 7) is 10.0. The zero-order valence-electron chi connectivity index (χ0n) is 23.8. The van der Waals surface area contributed by atoms with Gasteiger partial charge in [0, 0.05) is 31.2 Å². The predicted molar refractivity (Wildman–Crippen MR) is 158 cm³/mol. The third-order valence-corrected chi connectivity index (χ3v) is 9.24. The predicted octanol–water partition coefficient (Wildman–Crippen LogP) is 8.80. The Morgan fingerprint density at radius 2 is 1.21 bits per heavy atom. The lowest BCUT2D eigenvalue weighted by atomic mass is 9.47. The molecule has 2 unspecified atom stereocenters. The average molecular weight is 511 g/mol. The van der Waals surface area contributed by atoms with Crippen molar-refractivity contribution in [2.24, 2.45) is 16.7 Å². The van der Waals surface area contributed by atoms with E-state index in [1.54, 1.807) is 12.1 Å². The molecule has 2 fully saturated rings. The maximum atomic E-state index is 11.7. The minimum atomic E-state index is -0.921. The molecule has 0 aliphatic heterocycles. The van der Waals surface area contributed by atoms with E-state index in [4.69, 9.17) is 0 Å². The van der Waals surface area contributed by atoms with Crippen molar-refractivity contribution in [1.29, 1.82) is 0 Å². The van der Waals surface area contributed by atoms with Crippen LogP contribution in [-0.4, -0.2) is 25.2 Å². The summed E-state index contributed by atoms with van der Waals surface area (Å²) in [6.07, 6.45) is 6.62. The van der Waals surface area contributed by atoms with Crippen molar-refractivity contribution in [2.45, 2.75) is 65.2 Å². The second-order valence-corrected chi connectivity index (χ2v) is 13.2. The molecule has 2 aliphatic carbocycles. The number of rotatable bonds is 6. The van der Waals surface area contributed by atoms with Crippen LogP contribution in [0.3, 0.4) is 0 Å². The molecule has 5 rings (SSSR count). The number of hydrogen-bond acceptors (Lipinski definition) is 3. The molecule has 0 radical (unpaired) electrons. The Morgan fingerprint density at radius 1 is 0.737 bits per heavy atom. The molecule has 4 heteroatoms. The summed E-state index contributed by atoms with van der Waals surface area (Å²) in [5.41, 5.74) is 6.73. The van der Waals surface area contributed by atoms with Gasteiger partial charge in [0.05, 0.1) is 11.3 Å². The molecule has 0 heterocycles. The van der Waals surface area contributed by atoms with Gasteiger partial charge in [0.15, 0.2) is 0 Å². The monoisotopic (exact) mass is 510 g/mol. The van der Waals surface area contributed by atoms with E-state index >= 15 is 0 Å². The molecule has 200 valence electrons. The Labute approximate surface area is 228 Å².